The Bertz CT molecular complexity index is 572. The Morgan fingerprint density at radius 2 is 2.14 bits per heavy atom. The Hall–Kier alpha value is -1.62. The highest BCUT2D eigenvalue weighted by Crippen LogP contribution is 2.44. The predicted octanol–water partition coefficient (Wildman–Crippen LogP) is 3.30. The van der Waals surface area contributed by atoms with Crippen LogP contribution in [0.5, 0.6) is 0 Å². The molecule has 1 unspecified atom stereocenters. The van der Waals surface area contributed by atoms with Crippen LogP contribution in [0.2, 0.25) is 5.02 Å². The fourth-order valence-corrected chi connectivity index (χ4v) is 2.93. The van der Waals surface area contributed by atoms with E-state index < -0.39 is 23.2 Å². The number of rotatable bonds is 5. The highest BCUT2D eigenvalue weighted by atomic mass is 35.5. The van der Waals surface area contributed by atoms with Crippen LogP contribution in [0.3, 0.4) is 0 Å². The number of amides is 1. The molecule has 21 heavy (non-hydrogen) atoms. The van der Waals surface area contributed by atoms with Gasteiger partial charge in [-0.2, -0.15) is 0 Å². The Balaban J connectivity index is 2.00. The van der Waals surface area contributed by atoms with Gasteiger partial charge in [-0.05, 0) is 37.5 Å². The number of carbonyl (C=O) groups is 2. The third-order valence-electron chi connectivity index (χ3n) is 4.07. The molecule has 0 aliphatic heterocycles. The second-order valence-corrected chi connectivity index (χ2v) is 5.98. The first-order chi connectivity index (χ1) is 9.84. The quantitative estimate of drug-likeness (QED) is 0.876. The molecule has 6 heteroatoms. The first kappa shape index (κ1) is 15.8. The van der Waals surface area contributed by atoms with Crippen LogP contribution in [-0.4, -0.2) is 17.0 Å². The summed E-state index contributed by atoms with van der Waals surface area (Å²) in [5.74, 6) is -1.69. The Morgan fingerprint density at radius 1 is 1.48 bits per heavy atom. The number of carbonyl (C=O) groups excluding carboxylic acids is 1. The van der Waals surface area contributed by atoms with E-state index in [-0.39, 0.29) is 17.4 Å². The number of halogens is 2. The van der Waals surface area contributed by atoms with Crippen LogP contribution in [0.15, 0.2) is 18.2 Å². The molecular weight excluding hydrogens is 297 g/mol. The predicted molar refractivity (Wildman–Crippen MR) is 76.5 cm³/mol. The fraction of sp³-hybridized carbons (Fsp3) is 0.467. The average molecular weight is 314 g/mol. The average Bonchev–Trinajstić information content (AvgIpc) is 2.32. The third kappa shape index (κ3) is 3.35. The number of aliphatic carboxylic acids is 1. The van der Waals surface area contributed by atoms with Gasteiger partial charge in [0.05, 0.1) is 11.5 Å². The lowest BCUT2D eigenvalue weighted by Gasteiger charge is -2.37. The van der Waals surface area contributed by atoms with Crippen molar-refractivity contribution in [2.75, 3.05) is 0 Å². The maximum absolute atomic E-state index is 13.0. The van der Waals surface area contributed by atoms with E-state index in [9.17, 15) is 19.1 Å². The van der Waals surface area contributed by atoms with Gasteiger partial charge in [-0.15, -0.1) is 0 Å². The van der Waals surface area contributed by atoms with E-state index in [1.165, 1.54) is 18.2 Å². The third-order valence-corrected chi connectivity index (χ3v) is 4.40. The minimum absolute atomic E-state index is 0.0362. The molecule has 2 N–H and O–H groups in total. The molecule has 0 bridgehead atoms. The molecule has 114 valence electrons. The molecule has 4 nitrogen and oxygen atoms in total. The molecule has 0 saturated heterocycles. The summed E-state index contributed by atoms with van der Waals surface area (Å²) in [4.78, 5) is 23.3. The Morgan fingerprint density at radius 3 is 2.62 bits per heavy atom. The molecule has 0 heterocycles. The molecule has 1 fully saturated rings. The van der Waals surface area contributed by atoms with Crippen molar-refractivity contribution < 1.29 is 19.1 Å². The normalized spacial score (nSPS) is 17.7. The molecule has 2 rings (SSSR count). The Labute approximate surface area is 127 Å². The molecule has 1 aromatic carbocycles. The van der Waals surface area contributed by atoms with Crippen molar-refractivity contribution in [3.8, 4) is 0 Å². The Kier molecular flexibility index (Phi) is 4.52. The van der Waals surface area contributed by atoms with Crippen molar-refractivity contribution in [3.63, 3.8) is 0 Å². The van der Waals surface area contributed by atoms with Gasteiger partial charge in [-0.3, -0.25) is 9.59 Å². The van der Waals surface area contributed by atoms with E-state index in [0.29, 0.717) is 18.4 Å². The van der Waals surface area contributed by atoms with E-state index in [2.05, 4.69) is 5.32 Å². The van der Waals surface area contributed by atoms with Gasteiger partial charge in [-0.1, -0.05) is 24.1 Å². The SMILES string of the molecule is CC(NC(=O)CC1(C(=O)O)CCC1)c1ccc(F)cc1Cl. The van der Waals surface area contributed by atoms with Crippen LogP contribution in [0.1, 0.15) is 44.2 Å². The number of hydrogen-bond donors (Lipinski definition) is 2. The van der Waals surface area contributed by atoms with Gasteiger partial charge in [0, 0.05) is 11.4 Å². The molecule has 0 radical (unpaired) electrons. The first-order valence-electron chi connectivity index (χ1n) is 6.82. The van der Waals surface area contributed by atoms with Crippen LogP contribution < -0.4 is 5.32 Å². The van der Waals surface area contributed by atoms with Gasteiger partial charge in [0.15, 0.2) is 0 Å². The van der Waals surface area contributed by atoms with Gasteiger partial charge < -0.3 is 10.4 Å². The zero-order valence-electron chi connectivity index (χ0n) is 11.7. The summed E-state index contributed by atoms with van der Waals surface area (Å²) >= 11 is 5.94. The molecule has 1 aromatic rings. The summed E-state index contributed by atoms with van der Waals surface area (Å²) in [6.45, 7) is 1.73. The number of hydrogen-bond acceptors (Lipinski definition) is 2. The van der Waals surface area contributed by atoms with E-state index in [4.69, 9.17) is 11.6 Å². The number of nitrogens with one attached hydrogen (secondary N) is 1. The molecule has 1 atom stereocenters. The van der Waals surface area contributed by atoms with E-state index in [1.54, 1.807) is 6.92 Å². The lowest BCUT2D eigenvalue weighted by atomic mass is 9.66. The van der Waals surface area contributed by atoms with E-state index in [1.807, 2.05) is 0 Å². The zero-order valence-corrected chi connectivity index (χ0v) is 12.4. The monoisotopic (exact) mass is 313 g/mol. The number of carboxylic acids is 1. The van der Waals surface area contributed by atoms with Crippen LogP contribution in [0.25, 0.3) is 0 Å². The molecule has 1 amide bonds. The number of carboxylic acid groups (broad SMARTS) is 1. The van der Waals surface area contributed by atoms with Crippen LogP contribution in [0.4, 0.5) is 4.39 Å². The second kappa shape index (κ2) is 6.02. The highest BCUT2D eigenvalue weighted by molar-refractivity contribution is 6.31. The van der Waals surface area contributed by atoms with Crippen molar-refractivity contribution in [1.29, 1.82) is 0 Å². The zero-order chi connectivity index (χ0) is 15.6. The van der Waals surface area contributed by atoms with Crippen LogP contribution >= 0.6 is 11.6 Å². The van der Waals surface area contributed by atoms with Gasteiger partial charge in [0.2, 0.25) is 5.91 Å². The lowest BCUT2D eigenvalue weighted by Crippen LogP contribution is -2.43. The van der Waals surface area contributed by atoms with Crippen LogP contribution in [-0.2, 0) is 9.59 Å². The molecule has 1 aliphatic carbocycles. The summed E-state index contributed by atoms with van der Waals surface area (Å²) in [7, 11) is 0. The van der Waals surface area contributed by atoms with Gasteiger partial charge in [-0.25, -0.2) is 4.39 Å². The summed E-state index contributed by atoms with van der Waals surface area (Å²) in [6.07, 6.45) is 1.85. The highest BCUT2D eigenvalue weighted by Gasteiger charge is 2.46. The smallest absolute Gasteiger partial charge is 0.310 e. The van der Waals surface area contributed by atoms with Crippen molar-refractivity contribution in [2.24, 2.45) is 5.41 Å². The van der Waals surface area contributed by atoms with Crippen molar-refractivity contribution in [3.05, 3.63) is 34.6 Å². The van der Waals surface area contributed by atoms with E-state index in [0.717, 1.165) is 6.42 Å². The maximum Gasteiger partial charge on any atom is 0.310 e. The summed E-state index contributed by atoms with van der Waals surface area (Å²) in [6, 6.07) is 3.56. The molecule has 0 aromatic heterocycles. The van der Waals surface area contributed by atoms with E-state index >= 15 is 0 Å². The summed E-state index contributed by atoms with van der Waals surface area (Å²) < 4.78 is 13.0. The maximum atomic E-state index is 13.0. The van der Waals surface area contributed by atoms with Crippen molar-refractivity contribution in [2.45, 2.75) is 38.6 Å². The van der Waals surface area contributed by atoms with Gasteiger partial charge >= 0.3 is 5.97 Å². The van der Waals surface area contributed by atoms with Crippen molar-refractivity contribution >= 4 is 23.5 Å². The van der Waals surface area contributed by atoms with Crippen LogP contribution in [0, 0.1) is 11.2 Å². The minimum atomic E-state index is -0.920. The summed E-state index contributed by atoms with van der Waals surface area (Å²) in [5, 5.41) is 12.2. The molecule has 1 saturated carbocycles. The van der Waals surface area contributed by atoms with Crippen molar-refractivity contribution in [1.82, 2.24) is 5.32 Å². The fourth-order valence-electron chi connectivity index (χ4n) is 2.60. The largest absolute Gasteiger partial charge is 0.481 e. The van der Waals surface area contributed by atoms with Gasteiger partial charge in [0.1, 0.15) is 5.82 Å². The molecule has 1 aliphatic rings. The summed E-state index contributed by atoms with van der Waals surface area (Å²) in [5.41, 5.74) is -0.319. The molecule has 0 spiro atoms. The second-order valence-electron chi connectivity index (χ2n) is 5.57. The topological polar surface area (TPSA) is 66.4 Å². The first-order valence-corrected chi connectivity index (χ1v) is 7.19. The van der Waals surface area contributed by atoms with Gasteiger partial charge in [0.25, 0.3) is 0 Å². The lowest BCUT2D eigenvalue weighted by molar-refractivity contribution is -0.157. The standard InChI is InChI=1S/C15H17ClFNO3/c1-9(11-4-3-10(17)7-12(11)16)18-13(19)8-15(14(20)21)5-2-6-15/h3-4,7,9H,2,5-6,8H2,1H3,(H,18,19)(H,20,21). The number of benzene rings is 1. The molecular formula is C15H17ClFNO3. The minimum Gasteiger partial charge on any atom is -0.481 e.